The van der Waals surface area contributed by atoms with Crippen molar-refractivity contribution < 1.29 is 29.0 Å². The first-order chi connectivity index (χ1) is 18.5. The average Bonchev–Trinajstić information content (AvgIpc) is 2.93. The van der Waals surface area contributed by atoms with Gasteiger partial charge in [0.05, 0.1) is 37.7 Å². The van der Waals surface area contributed by atoms with Gasteiger partial charge in [0, 0.05) is 13.0 Å². The quantitative estimate of drug-likeness (QED) is 0.231. The summed E-state index contributed by atoms with van der Waals surface area (Å²) in [6.07, 6.45) is 12.1. The Morgan fingerprint density at radius 1 is 1.03 bits per heavy atom. The van der Waals surface area contributed by atoms with Crippen LogP contribution in [0.3, 0.4) is 0 Å². The summed E-state index contributed by atoms with van der Waals surface area (Å²) in [6, 6.07) is 9.66. The van der Waals surface area contributed by atoms with Gasteiger partial charge in [-0.2, -0.15) is 0 Å². The smallest absolute Gasteiger partial charge is 0.309 e. The highest BCUT2D eigenvalue weighted by Gasteiger charge is 2.28. The number of nitrogens with one attached hydrogen (secondary N) is 2. The number of esters is 1. The molecule has 1 aliphatic heterocycles. The molecule has 210 valence electrons. The fraction of sp³-hybridized carbons (Fsp3) is 0.633. The fourth-order valence-electron chi connectivity index (χ4n) is 5.30. The van der Waals surface area contributed by atoms with E-state index in [1.807, 2.05) is 42.5 Å². The van der Waals surface area contributed by atoms with Gasteiger partial charge in [0.25, 0.3) is 0 Å². The van der Waals surface area contributed by atoms with Gasteiger partial charge in [0.2, 0.25) is 11.8 Å². The van der Waals surface area contributed by atoms with Gasteiger partial charge >= 0.3 is 5.97 Å². The number of carbonyl (C=O) groups is 3. The van der Waals surface area contributed by atoms with E-state index in [0.717, 1.165) is 24.8 Å². The van der Waals surface area contributed by atoms with Crippen LogP contribution in [0.5, 0.6) is 0 Å². The van der Waals surface area contributed by atoms with Gasteiger partial charge in [0.15, 0.2) is 0 Å². The predicted molar refractivity (Wildman–Crippen MR) is 145 cm³/mol. The molecule has 8 heteroatoms. The van der Waals surface area contributed by atoms with Crippen LogP contribution in [0.2, 0.25) is 0 Å². The van der Waals surface area contributed by atoms with Crippen molar-refractivity contribution in [1.29, 1.82) is 0 Å². The van der Waals surface area contributed by atoms with E-state index >= 15 is 0 Å². The molecular formula is C30H44N2O6. The number of aliphatic hydroxyl groups excluding tert-OH is 1. The lowest BCUT2D eigenvalue weighted by atomic mass is 9.84. The highest BCUT2D eigenvalue weighted by atomic mass is 16.5. The lowest BCUT2D eigenvalue weighted by molar-refractivity contribution is -0.150. The van der Waals surface area contributed by atoms with Crippen LogP contribution in [-0.2, 0) is 30.3 Å². The summed E-state index contributed by atoms with van der Waals surface area (Å²) in [4.78, 5) is 39.0. The molecule has 1 aliphatic carbocycles. The number of cyclic esters (lactones) is 1. The third-order valence-corrected chi connectivity index (χ3v) is 7.39. The molecule has 1 heterocycles. The van der Waals surface area contributed by atoms with E-state index in [1.165, 1.54) is 19.3 Å². The summed E-state index contributed by atoms with van der Waals surface area (Å²) in [7, 11) is 0. The first-order valence-corrected chi connectivity index (χ1v) is 14.2. The van der Waals surface area contributed by atoms with Gasteiger partial charge in [-0.3, -0.25) is 14.4 Å². The molecule has 0 radical (unpaired) electrons. The number of carbonyl (C=O) groups excluding carboxylic acids is 3. The second-order valence-electron chi connectivity index (χ2n) is 10.5. The lowest BCUT2D eigenvalue weighted by Crippen LogP contribution is -2.44. The summed E-state index contributed by atoms with van der Waals surface area (Å²) >= 11 is 0. The molecule has 1 aromatic rings. The second kappa shape index (κ2) is 17.0. The Balaban J connectivity index is 1.68. The Labute approximate surface area is 226 Å². The Bertz CT molecular complexity index is 884. The van der Waals surface area contributed by atoms with Crippen molar-refractivity contribution in [2.45, 2.75) is 70.3 Å². The minimum absolute atomic E-state index is 0.0634. The molecule has 0 unspecified atom stereocenters. The van der Waals surface area contributed by atoms with E-state index in [0.29, 0.717) is 38.3 Å². The maximum atomic E-state index is 13.3. The van der Waals surface area contributed by atoms with Crippen LogP contribution in [0.4, 0.5) is 0 Å². The third-order valence-electron chi connectivity index (χ3n) is 7.39. The van der Waals surface area contributed by atoms with Crippen LogP contribution >= 0.6 is 0 Å². The maximum Gasteiger partial charge on any atom is 0.309 e. The SMILES string of the molecule is O=C(C[C@H]1CC=CC[C@H](Cc2ccccc2)C(=O)OC[C@H](CC2CCCCC2)NC1=O)NCCOCCO. The number of rotatable bonds is 11. The average molecular weight is 529 g/mol. The summed E-state index contributed by atoms with van der Waals surface area (Å²) in [5.41, 5.74) is 1.08. The lowest BCUT2D eigenvalue weighted by Gasteiger charge is -2.29. The minimum atomic E-state index is -0.513. The largest absolute Gasteiger partial charge is 0.463 e. The number of benzene rings is 1. The molecule has 3 atom stereocenters. The number of allylic oxidation sites excluding steroid dienone is 2. The fourth-order valence-corrected chi connectivity index (χ4v) is 5.30. The van der Waals surface area contributed by atoms with Gasteiger partial charge in [0.1, 0.15) is 6.61 Å². The topological polar surface area (TPSA) is 114 Å². The molecule has 0 saturated heterocycles. The zero-order valence-corrected chi connectivity index (χ0v) is 22.4. The van der Waals surface area contributed by atoms with Crippen molar-refractivity contribution in [3.63, 3.8) is 0 Å². The summed E-state index contributed by atoms with van der Waals surface area (Å²) < 4.78 is 11.0. The Morgan fingerprint density at radius 2 is 1.76 bits per heavy atom. The number of amides is 2. The van der Waals surface area contributed by atoms with Gasteiger partial charge < -0.3 is 25.2 Å². The highest BCUT2D eigenvalue weighted by Crippen LogP contribution is 2.28. The van der Waals surface area contributed by atoms with Crippen LogP contribution < -0.4 is 10.6 Å². The maximum absolute atomic E-state index is 13.3. The van der Waals surface area contributed by atoms with E-state index in [9.17, 15) is 14.4 Å². The Morgan fingerprint density at radius 3 is 2.50 bits per heavy atom. The van der Waals surface area contributed by atoms with Crippen LogP contribution in [0.1, 0.15) is 63.4 Å². The van der Waals surface area contributed by atoms with Crippen molar-refractivity contribution in [1.82, 2.24) is 10.6 Å². The molecule has 2 amide bonds. The van der Waals surface area contributed by atoms with Gasteiger partial charge in [-0.15, -0.1) is 0 Å². The summed E-state index contributed by atoms with van der Waals surface area (Å²) in [5.74, 6) is -0.946. The second-order valence-corrected chi connectivity index (χ2v) is 10.5. The summed E-state index contributed by atoms with van der Waals surface area (Å²) in [5, 5.41) is 14.7. The molecule has 0 spiro atoms. The molecular weight excluding hydrogens is 484 g/mol. The molecule has 38 heavy (non-hydrogen) atoms. The van der Waals surface area contributed by atoms with Crippen molar-refractivity contribution in [2.75, 3.05) is 33.0 Å². The molecule has 0 aromatic heterocycles. The Kier molecular flexibility index (Phi) is 13.3. The molecule has 3 rings (SSSR count). The van der Waals surface area contributed by atoms with Crippen LogP contribution in [0.15, 0.2) is 42.5 Å². The zero-order chi connectivity index (χ0) is 27.0. The number of aliphatic hydroxyl groups is 1. The van der Waals surface area contributed by atoms with Crippen LogP contribution in [-0.4, -0.2) is 61.9 Å². The van der Waals surface area contributed by atoms with Crippen molar-refractivity contribution in [3.05, 3.63) is 48.0 Å². The molecule has 1 aromatic carbocycles. The normalized spacial score (nSPS) is 23.6. The van der Waals surface area contributed by atoms with E-state index < -0.39 is 5.92 Å². The van der Waals surface area contributed by atoms with E-state index in [1.54, 1.807) is 0 Å². The standard InChI is InChI=1S/C30H44N2O6/c33-16-18-37-17-15-31-28(34)21-25-13-7-8-14-26(19-23-9-3-1-4-10-23)30(36)38-22-27(32-29(25)35)20-24-11-5-2-6-12-24/h1,3-4,7-10,24-27,33H,2,5-6,11-22H2,(H,31,34)(H,32,35)/t25-,26-,27+/m1/s1. The van der Waals surface area contributed by atoms with E-state index in [2.05, 4.69) is 10.6 Å². The molecule has 1 fully saturated rings. The van der Waals surface area contributed by atoms with Crippen molar-refractivity contribution in [2.24, 2.45) is 17.8 Å². The van der Waals surface area contributed by atoms with Gasteiger partial charge in [-0.25, -0.2) is 0 Å². The van der Waals surface area contributed by atoms with Crippen LogP contribution in [0.25, 0.3) is 0 Å². The number of hydrogen-bond acceptors (Lipinski definition) is 6. The van der Waals surface area contributed by atoms with E-state index in [4.69, 9.17) is 14.6 Å². The zero-order valence-electron chi connectivity index (χ0n) is 22.4. The minimum Gasteiger partial charge on any atom is -0.463 e. The first-order valence-electron chi connectivity index (χ1n) is 14.2. The molecule has 8 nitrogen and oxygen atoms in total. The Hall–Kier alpha value is -2.71. The molecule has 1 saturated carbocycles. The van der Waals surface area contributed by atoms with Crippen molar-refractivity contribution in [3.8, 4) is 0 Å². The predicted octanol–water partition coefficient (Wildman–Crippen LogP) is 3.33. The monoisotopic (exact) mass is 528 g/mol. The third kappa shape index (κ3) is 11.0. The number of ether oxygens (including phenoxy) is 2. The number of hydrogen-bond donors (Lipinski definition) is 3. The van der Waals surface area contributed by atoms with Crippen molar-refractivity contribution >= 4 is 17.8 Å². The van der Waals surface area contributed by atoms with E-state index in [-0.39, 0.29) is 56.0 Å². The molecule has 3 N–H and O–H groups in total. The highest BCUT2D eigenvalue weighted by molar-refractivity contribution is 5.86. The van der Waals surface area contributed by atoms with Crippen LogP contribution in [0, 0.1) is 17.8 Å². The summed E-state index contributed by atoms with van der Waals surface area (Å²) in [6.45, 7) is 0.943. The molecule has 2 aliphatic rings. The first kappa shape index (κ1) is 29.8. The molecule has 0 bridgehead atoms. The van der Waals surface area contributed by atoms with Gasteiger partial charge in [-0.1, -0.05) is 74.6 Å². The van der Waals surface area contributed by atoms with Gasteiger partial charge in [-0.05, 0) is 37.2 Å².